The van der Waals surface area contributed by atoms with E-state index in [0.29, 0.717) is 12.8 Å². The van der Waals surface area contributed by atoms with Crippen LogP contribution in [-0.4, -0.2) is 70.3 Å². The molecule has 8 heteroatoms. The number of likely N-dealkylation sites (tertiary alicyclic amines) is 1. The average Bonchev–Trinajstić information content (AvgIpc) is 3.21. The highest BCUT2D eigenvalue weighted by molar-refractivity contribution is 5.98. The molecule has 3 heterocycles. The lowest BCUT2D eigenvalue weighted by Gasteiger charge is -2.37. The lowest BCUT2D eigenvalue weighted by Crippen LogP contribution is -2.59. The predicted octanol–water partition coefficient (Wildman–Crippen LogP) is 1.64. The van der Waals surface area contributed by atoms with Crippen molar-refractivity contribution in [1.82, 2.24) is 10.2 Å². The van der Waals surface area contributed by atoms with Crippen LogP contribution >= 0.6 is 0 Å². The van der Waals surface area contributed by atoms with Crippen LogP contribution in [0.15, 0.2) is 0 Å². The van der Waals surface area contributed by atoms with Crippen molar-refractivity contribution in [3.05, 3.63) is 0 Å². The summed E-state index contributed by atoms with van der Waals surface area (Å²) >= 11 is 0. The third-order valence-corrected chi connectivity index (χ3v) is 7.73. The molecule has 3 rings (SSSR count). The Morgan fingerprint density at radius 1 is 1.35 bits per heavy atom. The van der Waals surface area contributed by atoms with Gasteiger partial charge in [-0.1, -0.05) is 27.2 Å². The van der Waals surface area contributed by atoms with E-state index in [4.69, 9.17) is 9.47 Å². The molecule has 0 aromatic heterocycles. The maximum Gasteiger partial charge on any atom is 0.312 e. The number of esters is 1. The van der Waals surface area contributed by atoms with E-state index in [0.717, 1.165) is 12.8 Å². The van der Waals surface area contributed by atoms with Gasteiger partial charge in [-0.3, -0.25) is 14.4 Å². The number of hydrogen-bond donors (Lipinski definition) is 2. The van der Waals surface area contributed by atoms with Crippen LogP contribution in [0.3, 0.4) is 0 Å². The summed E-state index contributed by atoms with van der Waals surface area (Å²) in [5, 5.41) is 13.1. The molecule has 3 aliphatic rings. The van der Waals surface area contributed by atoms with Crippen LogP contribution in [0.2, 0.25) is 0 Å². The van der Waals surface area contributed by atoms with E-state index in [2.05, 4.69) is 12.2 Å². The first-order valence-corrected chi connectivity index (χ1v) is 11.7. The standard InChI is InChI=1S/C23H38N2O6/c1-7-10-14(5)24-19(27)18-23-11-13(4)22(6,31-23)17(21(29)30-9-3)16(23)20(28)25(18)15(8-2)12-26/h13-18,26H,7-12H2,1-6H3,(H,24,27)/t13?,14?,15-,16-,17+,18?,22-,23?/m0/s1. The molecule has 0 saturated carbocycles. The minimum Gasteiger partial charge on any atom is -0.466 e. The highest BCUT2D eigenvalue weighted by Crippen LogP contribution is 2.65. The summed E-state index contributed by atoms with van der Waals surface area (Å²) in [5.74, 6) is -2.60. The topological polar surface area (TPSA) is 105 Å². The molecule has 31 heavy (non-hydrogen) atoms. The Balaban J connectivity index is 2.08. The number of aliphatic hydroxyl groups is 1. The molecule has 1 spiro atoms. The summed E-state index contributed by atoms with van der Waals surface area (Å²) < 4.78 is 11.9. The highest BCUT2D eigenvalue weighted by Gasteiger charge is 2.80. The van der Waals surface area contributed by atoms with Crippen LogP contribution in [0.1, 0.15) is 67.2 Å². The first kappa shape index (κ1) is 24.0. The van der Waals surface area contributed by atoms with E-state index in [1.54, 1.807) is 6.92 Å². The zero-order valence-corrected chi connectivity index (χ0v) is 19.6. The van der Waals surface area contributed by atoms with Crippen molar-refractivity contribution in [2.24, 2.45) is 17.8 Å². The van der Waals surface area contributed by atoms with Gasteiger partial charge in [0.05, 0.1) is 30.8 Å². The number of carbonyl (C=O) groups excluding carboxylic acids is 3. The van der Waals surface area contributed by atoms with Crippen LogP contribution in [0.5, 0.6) is 0 Å². The molecule has 176 valence electrons. The Bertz CT molecular complexity index is 725. The van der Waals surface area contributed by atoms with Gasteiger partial charge in [0.15, 0.2) is 0 Å². The number of nitrogens with zero attached hydrogens (tertiary/aromatic N) is 1. The summed E-state index contributed by atoms with van der Waals surface area (Å²) in [6, 6.07) is -1.45. The second kappa shape index (κ2) is 8.70. The van der Waals surface area contributed by atoms with E-state index in [1.807, 2.05) is 27.7 Å². The summed E-state index contributed by atoms with van der Waals surface area (Å²) in [6.45, 7) is 11.4. The fraction of sp³-hybridized carbons (Fsp3) is 0.870. The van der Waals surface area contributed by atoms with Crippen molar-refractivity contribution in [1.29, 1.82) is 0 Å². The maximum atomic E-state index is 13.8. The van der Waals surface area contributed by atoms with Crippen LogP contribution in [0.25, 0.3) is 0 Å². The SMILES string of the molecule is CCCC(C)NC(=O)C1N([C@@H](CC)CO)C(=O)[C@@H]2[C@H](C(=O)OCC)[C@@]3(C)OC12CC3C. The molecule has 2 N–H and O–H groups in total. The Morgan fingerprint density at radius 3 is 2.58 bits per heavy atom. The van der Waals surface area contributed by atoms with Gasteiger partial charge in [0.25, 0.3) is 0 Å². The first-order chi connectivity index (χ1) is 14.6. The van der Waals surface area contributed by atoms with Gasteiger partial charge in [-0.05, 0) is 46.0 Å². The predicted molar refractivity (Wildman–Crippen MR) is 114 cm³/mol. The molecule has 0 aromatic carbocycles. The van der Waals surface area contributed by atoms with Gasteiger partial charge in [0.2, 0.25) is 11.8 Å². The van der Waals surface area contributed by atoms with Gasteiger partial charge < -0.3 is 24.8 Å². The monoisotopic (exact) mass is 438 g/mol. The van der Waals surface area contributed by atoms with Crippen molar-refractivity contribution in [3.8, 4) is 0 Å². The highest BCUT2D eigenvalue weighted by atomic mass is 16.6. The van der Waals surface area contributed by atoms with Gasteiger partial charge in [0.1, 0.15) is 17.6 Å². The number of rotatable bonds is 9. The number of hydrogen-bond acceptors (Lipinski definition) is 6. The van der Waals surface area contributed by atoms with Crippen LogP contribution in [-0.2, 0) is 23.9 Å². The smallest absolute Gasteiger partial charge is 0.312 e. The van der Waals surface area contributed by atoms with Crippen LogP contribution in [0, 0.1) is 17.8 Å². The largest absolute Gasteiger partial charge is 0.466 e. The fourth-order valence-electron chi connectivity index (χ4n) is 6.20. The average molecular weight is 439 g/mol. The lowest BCUT2D eigenvalue weighted by molar-refractivity contribution is -0.162. The molecule has 2 bridgehead atoms. The molecule has 3 saturated heterocycles. The van der Waals surface area contributed by atoms with Crippen molar-refractivity contribution >= 4 is 17.8 Å². The van der Waals surface area contributed by atoms with Crippen LogP contribution in [0.4, 0.5) is 0 Å². The zero-order chi connectivity index (χ0) is 23.1. The number of carbonyl (C=O) groups is 3. The van der Waals surface area contributed by atoms with E-state index in [9.17, 15) is 19.5 Å². The zero-order valence-electron chi connectivity index (χ0n) is 19.6. The van der Waals surface area contributed by atoms with Crippen molar-refractivity contribution in [2.45, 2.75) is 96.6 Å². The second-order valence-electron chi connectivity index (χ2n) is 9.64. The molecule has 0 radical (unpaired) electrons. The van der Waals surface area contributed by atoms with Gasteiger partial charge in [-0.2, -0.15) is 0 Å². The Labute approximate surface area is 185 Å². The Kier molecular flexibility index (Phi) is 6.73. The maximum absolute atomic E-state index is 13.8. The number of ether oxygens (including phenoxy) is 2. The third kappa shape index (κ3) is 3.46. The van der Waals surface area contributed by atoms with Crippen LogP contribution < -0.4 is 5.32 Å². The Morgan fingerprint density at radius 2 is 2.03 bits per heavy atom. The molecule has 8 nitrogen and oxygen atoms in total. The fourth-order valence-corrected chi connectivity index (χ4v) is 6.20. The molecule has 0 aliphatic carbocycles. The summed E-state index contributed by atoms with van der Waals surface area (Å²) in [4.78, 5) is 41.9. The van der Waals surface area contributed by atoms with E-state index in [1.165, 1.54) is 4.90 Å². The molecule has 3 aliphatic heterocycles. The molecular formula is C23H38N2O6. The van der Waals surface area contributed by atoms with Crippen molar-refractivity contribution < 1.29 is 29.0 Å². The minimum absolute atomic E-state index is 0.0246. The van der Waals surface area contributed by atoms with Crippen molar-refractivity contribution in [2.75, 3.05) is 13.2 Å². The lowest BCUT2D eigenvalue weighted by atomic mass is 9.62. The summed E-state index contributed by atoms with van der Waals surface area (Å²) in [7, 11) is 0. The first-order valence-electron chi connectivity index (χ1n) is 11.7. The normalized spacial score (nSPS) is 38.2. The van der Waals surface area contributed by atoms with Gasteiger partial charge in [-0.25, -0.2) is 0 Å². The summed E-state index contributed by atoms with van der Waals surface area (Å²) in [5.41, 5.74) is -1.96. The van der Waals surface area contributed by atoms with Crippen molar-refractivity contribution in [3.63, 3.8) is 0 Å². The second-order valence-corrected chi connectivity index (χ2v) is 9.64. The Hall–Kier alpha value is -1.67. The number of amides is 2. The quantitative estimate of drug-likeness (QED) is 0.530. The minimum atomic E-state index is -1.10. The van der Waals surface area contributed by atoms with E-state index >= 15 is 0 Å². The third-order valence-electron chi connectivity index (χ3n) is 7.73. The summed E-state index contributed by atoms with van der Waals surface area (Å²) in [6.07, 6.45) is 2.75. The molecule has 3 fully saturated rings. The molecule has 4 unspecified atom stereocenters. The number of fused-ring (bicyclic) bond motifs is 1. The van der Waals surface area contributed by atoms with E-state index < -0.39 is 41.1 Å². The molecule has 0 aromatic rings. The molecule has 2 amide bonds. The van der Waals surface area contributed by atoms with Gasteiger partial charge in [0, 0.05) is 6.04 Å². The molecular weight excluding hydrogens is 400 g/mol. The number of nitrogens with one attached hydrogen (secondary N) is 1. The van der Waals surface area contributed by atoms with E-state index in [-0.39, 0.29) is 37.0 Å². The van der Waals surface area contributed by atoms with Gasteiger partial charge >= 0.3 is 5.97 Å². The van der Waals surface area contributed by atoms with Gasteiger partial charge in [-0.15, -0.1) is 0 Å². The molecule has 8 atom stereocenters. The number of aliphatic hydroxyl groups excluding tert-OH is 1.